The molecule has 0 spiro atoms. The van der Waals surface area contributed by atoms with Gasteiger partial charge >= 0.3 is 0 Å². The molecule has 7 nitrogen and oxygen atoms in total. The highest BCUT2D eigenvalue weighted by molar-refractivity contribution is 5.85. The second-order valence-corrected chi connectivity index (χ2v) is 5.68. The van der Waals surface area contributed by atoms with Gasteiger partial charge in [-0.25, -0.2) is 14.3 Å². The SMILES string of the molecule is Cc1ccc(-n2ncc3c(=O)n(NC(=O)C(C)C)cnc32)cc1. The third-order valence-electron chi connectivity index (χ3n) is 3.52. The van der Waals surface area contributed by atoms with Gasteiger partial charge in [0.05, 0.1) is 11.9 Å². The van der Waals surface area contributed by atoms with Crippen molar-refractivity contribution in [3.63, 3.8) is 0 Å². The number of aromatic nitrogens is 4. The van der Waals surface area contributed by atoms with E-state index in [9.17, 15) is 9.59 Å². The maximum atomic E-state index is 12.4. The van der Waals surface area contributed by atoms with Crippen LogP contribution in [-0.4, -0.2) is 25.3 Å². The number of nitrogens with zero attached hydrogens (tertiary/aromatic N) is 4. The van der Waals surface area contributed by atoms with Crippen LogP contribution in [0.2, 0.25) is 0 Å². The van der Waals surface area contributed by atoms with E-state index in [0.29, 0.717) is 11.0 Å². The first kappa shape index (κ1) is 15.0. The molecule has 3 aromatic rings. The number of nitrogens with one attached hydrogen (secondary N) is 1. The largest absolute Gasteiger partial charge is 0.283 e. The van der Waals surface area contributed by atoms with Crippen LogP contribution in [0.5, 0.6) is 0 Å². The molecule has 0 aliphatic heterocycles. The average molecular weight is 311 g/mol. The summed E-state index contributed by atoms with van der Waals surface area (Å²) in [4.78, 5) is 28.4. The van der Waals surface area contributed by atoms with Gasteiger partial charge in [-0.05, 0) is 19.1 Å². The standard InChI is InChI=1S/C16H17N5O2/c1-10(2)15(22)19-20-9-17-14-13(16(20)23)8-18-21(14)12-6-4-11(3)5-7-12/h4-10H,1-3H3,(H,19,22). The summed E-state index contributed by atoms with van der Waals surface area (Å²) in [5, 5.41) is 4.58. The lowest BCUT2D eigenvalue weighted by atomic mass is 10.2. The molecule has 1 N–H and O–H groups in total. The Hall–Kier alpha value is -2.96. The fourth-order valence-electron chi connectivity index (χ4n) is 2.11. The van der Waals surface area contributed by atoms with Crippen molar-refractivity contribution in [3.8, 4) is 5.69 Å². The zero-order chi connectivity index (χ0) is 16.6. The summed E-state index contributed by atoms with van der Waals surface area (Å²) in [5.41, 5.74) is 4.57. The van der Waals surface area contributed by atoms with Crippen molar-refractivity contribution in [2.45, 2.75) is 20.8 Å². The lowest BCUT2D eigenvalue weighted by Gasteiger charge is -2.09. The number of benzene rings is 1. The molecule has 23 heavy (non-hydrogen) atoms. The number of rotatable bonds is 3. The number of hydrogen-bond donors (Lipinski definition) is 1. The maximum absolute atomic E-state index is 12.4. The molecular weight excluding hydrogens is 294 g/mol. The molecule has 0 atom stereocenters. The van der Waals surface area contributed by atoms with Gasteiger partial charge < -0.3 is 0 Å². The highest BCUT2D eigenvalue weighted by atomic mass is 16.2. The Labute approximate surface area is 132 Å². The van der Waals surface area contributed by atoms with E-state index in [1.165, 1.54) is 12.5 Å². The first-order valence-electron chi connectivity index (χ1n) is 7.30. The van der Waals surface area contributed by atoms with Gasteiger partial charge in [0, 0.05) is 5.92 Å². The van der Waals surface area contributed by atoms with Crippen molar-refractivity contribution in [1.29, 1.82) is 0 Å². The quantitative estimate of drug-likeness (QED) is 0.797. The number of amides is 1. The van der Waals surface area contributed by atoms with E-state index in [1.807, 2.05) is 31.2 Å². The maximum Gasteiger partial charge on any atom is 0.283 e. The summed E-state index contributed by atoms with van der Waals surface area (Å²) < 4.78 is 2.69. The molecular formula is C16H17N5O2. The first-order chi connectivity index (χ1) is 11.0. The summed E-state index contributed by atoms with van der Waals surface area (Å²) >= 11 is 0. The van der Waals surface area contributed by atoms with E-state index in [4.69, 9.17) is 0 Å². The highest BCUT2D eigenvalue weighted by Gasteiger charge is 2.13. The van der Waals surface area contributed by atoms with Crippen LogP contribution >= 0.6 is 0 Å². The molecule has 1 aromatic carbocycles. The average Bonchev–Trinajstić information content (AvgIpc) is 2.95. The van der Waals surface area contributed by atoms with Crippen molar-refractivity contribution < 1.29 is 4.79 Å². The second kappa shape index (κ2) is 5.68. The molecule has 3 rings (SSSR count). The number of carbonyl (C=O) groups is 1. The molecule has 2 aromatic heterocycles. The lowest BCUT2D eigenvalue weighted by molar-refractivity contribution is -0.119. The molecule has 118 valence electrons. The smallest absolute Gasteiger partial charge is 0.273 e. The zero-order valence-corrected chi connectivity index (χ0v) is 13.1. The Morgan fingerprint density at radius 1 is 1.22 bits per heavy atom. The van der Waals surface area contributed by atoms with Gasteiger partial charge in [-0.3, -0.25) is 15.0 Å². The van der Waals surface area contributed by atoms with Crippen LogP contribution < -0.4 is 11.0 Å². The van der Waals surface area contributed by atoms with E-state index in [0.717, 1.165) is 15.9 Å². The molecule has 0 bridgehead atoms. The monoisotopic (exact) mass is 311 g/mol. The third-order valence-corrected chi connectivity index (χ3v) is 3.52. The van der Waals surface area contributed by atoms with E-state index in [1.54, 1.807) is 18.5 Å². The van der Waals surface area contributed by atoms with Crippen molar-refractivity contribution in [1.82, 2.24) is 19.4 Å². The van der Waals surface area contributed by atoms with Crippen LogP contribution in [-0.2, 0) is 4.79 Å². The minimum atomic E-state index is -0.359. The van der Waals surface area contributed by atoms with Gasteiger partial charge in [-0.1, -0.05) is 31.5 Å². The predicted molar refractivity (Wildman–Crippen MR) is 87.1 cm³/mol. The zero-order valence-electron chi connectivity index (χ0n) is 13.1. The summed E-state index contributed by atoms with van der Waals surface area (Å²) in [7, 11) is 0. The van der Waals surface area contributed by atoms with Crippen LogP contribution in [0.4, 0.5) is 0 Å². The summed E-state index contributed by atoms with van der Waals surface area (Å²) in [6.45, 7) is 5.50. The van der Waals surface area contributed by atoms with Crippen molar-refractivity contribution in [2.24, 2.45) is 5.92 Å². The molecule has 1 amide bonds. The molecule has 0 fully saturated rings. The normalized spacial score (nSPS) is 11.1. The van der Waals surface area contributed by atoms with Gasteiger partial charge in [0.1, 0.15) is 11.7 Å². The van der Waals surface area contributed by atoms with Crippen LogP contribution in [0.15, 0.2) is 41.6 Å². The van der Waals surface area contributed by atoms with Gasteiger partial charge in [0.2, 0.25) is 5.91 Å². The third kappa shape index (κ3) is 2.73. The summed E-state index contributed by atoms with van der Waals surface area (Å²) in [5.74, 6) is -0.480. The minimum Gasteiger partial charge on any atom is -0.273 e. The predicted octanol–water partition coefficient (Wildman–Crippen LogP) is 1.62. The van der Waals surface area contributed by atoms with Gasteiger partial charge in [-0.2, -0.15) is 5.10 Å². The highest BCUT2D eigenvalue weighted by Crippen LogP contribution is 2.14. The Bertz CT molecular complexity index is 922. The van der Waals surface area contributed by atoms with Gasteiger partial charge in [-0.15, -0.1) is 0 Å². The topological polar surface area (TPSA) is 81.8 Å². The van der Waals surface area contributed by atoms with Crippen LogP contribution in [0.1, 0.15) is 19.4 Å². The molecule has 2 heterocycles. The number of aryl methyl sites for hydroxylation is 1. The minimum absolute atomic E-state index is 0.229. The number of fused-ring (bicyclic) bond motifs is 1. The van der Waals surface area contributed by atoms with E-state index < -0.39 is 0 Å². The number of carbonyl (C=O) groups excluding carboxylic acids is 1. The van der Waals surface area contributed by atoms with E-state index in [2.05, 4.69) is 15.5 Å². The second-order valence-electron chi connectivity index (χ2n) is 5.68. The summed E-state index contributed by atoms with van der Waals surface area (Å²) in [6, 6.07) is 7.75. The van der Waals surface area contributed by atoms with Gasteiger partial charge in [0.15, 0.2) is 5.65 Å². The Kier molecular flexibility index (Phi) is 3.69. The Balaban J connectivity index is 2.06. The first-order valence-corrected chi connectivity index (χ1v) is 7.30. The molecule has 0 saturated heterocycles. The summed E-state index contributed by atoms with van der Waals surface area (Å²) in [6.07, 6.45) is 2.76. The van der Waals surface area contributed by atoms with Crippen LogP contribution in [0, 0.1) is 12.8 Å². The van der Waals surface area contributed by atoms with E-state index in [-0.39, 0.29) is 17.4 Å². The molecule has 7 heteroatoms. The fraction of sp³-hybridized carbons (Fsp3) is 0.250. The Morgan fingerprint density at radius 3 is 2.57 bits per heavy atom. The molecule has 0 radical (unpaired) electrons. The lowest BCUT2D eigenvalue weighted by Crippen LogP contribution is -2.35. The van der Waals surface area contributed by atoms with Crippen LogP contribution in [0.3, 0.4) is 0 Å². The van der Waals surface area contributed by atoms with Gasteiger partial charge in [0.25, 0.3) is 5.56 Å². The molecule has 0 aliphatic carbocycles. The van der Waals surface area contributed by atoms with E-state index >= 15 is 0 Å². The fourth-order valence-corrected chi connectivity index (χ4v) is 2.11. The number of hydrogen-bond acceptors (Lipinski definition) is 4. The van der Waals surface area contributed by atoms with Crippen molar-refractivity contribution >= 4 is 16.9 Å². The Morgan fingerprint density at radius 2 is 1.91 bits per heavy atom. The van der Waals surface area contributed by atoms with Crippen molar-refractivity contribution in [3.05, 3.63) is 52.7 Å². The molecule has 0 aliphatic rings. The van der Waals surface area contributed by atoms with Crippen LogP contribution in [0.25, 0.3) is 16.7 Å². The molecule has 0 saturated carbocycles. The molecule has 0 unspecified atom stereocenters. The van der Waals surface area contributed by atoms with Crippen molar-refractivity contribution in [2.75, 3.05) is 5.43 Å².